The monoisotopic (exact) mass is 387 g/mol. The number of hydrogen-bond acceptors (Lipinski definition) is 7. The van der Waals surface area contributed by atoms with Crippen molar-refractivity contribution in [3.8, 4) is 0 Å². The van der Waals surface area contributed by atoms with E-state index < -0.39 is 4.92 Å². The SMILES string of the molecule is Cc1ccc(Cl)cc1Nc1ncnc(NCCCn2ccnc2)c1[N+](=O)[O-]. The summed E-state index contributed by atoms with van der Waals surface area (Å²) in [6.07, 6.45) is 7.34. The standard InChI is InChI=1S/C17H18ClN7O2/c1-12-3-4-13(18)9-14(12)23-17-15(25(26)27)16(21-10-22-17)20-5-2-7-24-8-6-19-11-24/h3-4,6,8-11H,2,5,7H2,1H3,(H2,20,21,22,23). The second-order valence-electron chi connectivity index (χ2n) is 5.84. The maximum absolute atomic E-state index is 11.6. The number of aromatic nitrogens is 4. The van der Waals surface area contributed by atoms with E-state index in [0.717, 1.165) is 18.5 Å². The molecule has 0 saturated carbocycles. The number of benzene rings is 1. The molecule has 3 rings (SSSR count). The van der Waals surface area contributed by atoms with Crippen LogP contribution in [-0.2, 0) is 6.54 Å². The van der Waals surface area contributed by atoms with E-state index >= 15 is 0 Å². The first-order valence-electron chi connectivity index (χ1n) is 8.27. The topological polar surface area (TPSA) is 111 Å². The van der Waals surface area contributed by atoms with Gasteiger partial charge in [0.2, 0.25) is 11.6 Å². The zero-order chi connectivity index (χ0) is 19.2. The quantitative estimate of drug-likeness (QED) is 0.343. The summed E-state index contributed by atoms with van der Waals surface area (Å²) in [6.45, 7) is 3.14. The number of anilines is 3. The van der Waals surface area contributed by atoms with Crippen molar-refractivity contribution in [1.29, 1.82) is 0 Å². The molecule has 0 aliphatic carbocycles. The van der Waals surface area contributed by atoms with Gasteiger partial charge in [-0.25, -0.2) is 15.0 Å². The van der Waals surface area contributed by atoms with E-state index in [9.17, 15) is 10.1 Å². The molecule has 9 nitrogen and oxygen atoms in total. The van der Waals surface area contributed by atoms with E-state index in [4.69, 9.17) is 11.6 Å². The Morgan fingerprint density at radius 3 is 2.85 bits per heavy atom. The van der Waals surface area contributed by atoms with Crippen LogP contribution in [0.3, 0.4) is 0 Å². The third-order valence-corrected chi connectivity index (χ3v) is 4.14. The van der Waals surface area contributed by atoms with Gasteiger partial charge in [0.05, 0.1) is 11.3 Å². The van der Waals surface area contributed by atoms with E-state index in [1.54, 1.807) is 24.7 Å². The molecule has 0 aliphatic rings. The van der Waals surface area contributed by atoms with Crippen LogP contribution >= 0.6 is 11.6 Å². The fourth-order valence-corrected chi connectivity index (χ4v) is 2.69. The summed E-state index contributed by atoms with van der Waals surface area (Å²) in [5, 5.41) is 18.1. The number of nitro groups is 1. The van der Waals surface area contributed by atoms with Crippen LogP contribution in [0.2, 0.25) is 5.02 Å². The summed E-state index contributed by atoms with van der Waals surface area (Å²) < 4.78 is 1.94. The highest BCUT2D eigenvalue weighted by Crippen LogP contribution is 2.32. The zero-order valence-corrected chi connectivity index (χ0v) is 15.3. The summed E-state index contributed by atoms with van der Waals surface area (Å²) in [7, 11) is 0. The number of imidazole rings is 1. The molecule has 0 atom stereocenters. The van der Waals surface area contributed by atoms with Crippen LogP contribution in [0.1, 0.15) is 12.0 Å². The molecule has 10 heteroatoms. The Balaban J connectivity index is 1.75. The Kier molecular flexibility index (Phi) is 5.82. The number of aryl methyl sites for hydroxylation is 2. The predicted molar refractivity (Wildman–Crippen MR) is 103 cm³/mol. The van der Waals surface area contributed by atoms with E-state index in [2.05, 4.69) is 25.6 Å². The lowest BCUT2D eigenvalue weighted by Crippen LogP contribution is -2.11. The smallest absolute Gasteiger partial charge is 0.353 e. The summed E-state index contributed by atoms with van der Waals surface area (Å²) in [5.41, 5.74) is 1.33. The van der Waals surface area contributed by atoms with Gasteiger partial charge in [-0.1, -0.05) is 17.7 Å². The highest BCUT2D eigenvalue weighted by atomic mass is 35.5. The highest BCUT2D eigenvalue weighted by molar-refractivity contribution is 6.30. The Morgan fingerprint density at radius 1 is 1.30 bits per heavy atom. The van der Waals surface area contributed by atoms with Crippen LogP contribution in [0, 0.1) is 17.0 Å². The Bertz CT molecular complexity index is 931. The van der Waals surface area contributed by atoms with Crippen molar-refractivity contribution in [1.82, 2.24) is 19.5 Å². The molecule has 2 N–H and O–H groups in total. The number of rotatable bonds is 8. The number of hydrogen-bond donors (Lipinski definition) is 2. The molecular weight excluding hydrogens is 370 g/mol. The van der Waals surface area contributed by atoms with Crippen molar-refractivity contribution in [2.45, 2.75) is 19.9 Å². The molecular formula is C17H18ClN7O2. The van der Waals surface area contributed by atoms with Gasteiger partial charge in [0.25, 0.3) is 0 Å². The Labute approximate surface area is 160 Å². The number of halogens is 1. The summed E-state index contributed by atoms with van der Waals surface area (Å²) >= 11 is 6.02. The molecule has 0 radical (unpaired) electrons. The second kappa shape index (κ2) is 8.45. The first-order valence-corrected chi connectivity index (χ1v) is 8.64. The van der Waals surface area contributed by atoms with Gasteiger partial charge in [0, 0.05) is 36.2 Å². The predicted octanol–water partition coefficient (Wildman–Crippen LogP) is 3.79. The molecule has 0 bridgehead atoms. The minimum Gasteiger partial charge on any atom is -0.364 e. The molecule has 0 unspecified atom stereocenters. The molecule has 3 aromatic rings. The summed E-state index contributed by atoms with van der Waals surface area (Å²) in [6, 6.07) is 5.28. The highest BCUT2D eigenvalue weighted by Gasteiger charge is 2.23. The van der Waals surface area contributed by atoms with Gasteiger partial charge in [-0.2, -0.15) is 0 Å². The van der Waals surface area contributed by atoms with Gasteiger partial charge < -0.3 is 15.2 Å². The summed E-state index contributed by atoms with van der Waals surface area (Å²) in [5.74, 6) is 0.278. The molecule has 0 saturated heterocycles. The van der Waals surface area contributed by atoms with E-state index in [0.29, 0.717) is 17.3 Å². The minimum atomic E-state index is -0.500. The van der Waals surface area contributed by atoms with Crippen LogP contribution in [-0.4, -0.2) is 31.0 Å². The maximum atomic E-state index is 11.6. The van der Waals surface area contributed by atoms with Crippen molar-refractivity contribution < 1.29 is 4.92 Å². The largest absolute Gasteiger partial charge is 0.364 e. The normalized spacial score (nSPS) is 10.6. The van der Waals surface area contributed by atoms with Gasteiger partial charge in [-0.3, -0.25) is 10.1 Å². The van der Waals surface area contributed by atoms with E-state index in [-0.39, 0.29) is 17.3 Å². The molecule has 27 heavy (non-hydrogen) atoms. The Hall–Kier alpha value is -3.20. The molecule has 2 aromatic heterocycles. The summed E-state index contributed by atoms with van der Waals surface area (Å²) in [4.78, 5) is 23.2. The lowest BCUT2D eigenvalue weighted by atomic mass is 10.2. The first kappa shape index (κ1) is 18.6. The first-order chi connectivity index (χ1) is 13.0. The fraction of sp³-hybridized carbons (Fsp3) is 0.235. The van der Waals surface area contributed by atoms with E-state index in [1.165, 1.54) is 6.33 Å². The molecule has 0 aliphatic heterocycles. The third-order valence-electron chi connectivity index (χ3n) is 3.90. The number of nitrogens with zero attached hydrogens (tertiary/aromatic N) is 5. The molecule has 2 heterocycles. The lowest BCUT2D eigenvalue weighted by molar-refractivity contribution is -0.383. The number of nitrogens with one attached hydrogen (secondary N) is 2. The van der Waals surface area contributed by atoms with Crippen molar-refractivity contribution in [3.63, 3.8) is 0 Å². The minimum absolute atomic E-state index is 0.109. The zero-order valence-electron chi connectivity index (χ0n) is 14.6. The van der Waals surface area contributed by atoms with Crippen LogP contribution in [0.25, 0.3) is 0 Å². The van der Waals surface area contributed by atoms with Gasteiger partial charge >= 0.3 is 5.69 Å². The van der Waals surface area contributed by atoms with Crippen LogP contribution in [0.5, 0.6) is 0 Å². The van der Waals surface area contributed by atoms with Crippen LogP contribution in [0.4, 0.5) is 23.0 Å². The average molecular weight is 388 g/mol. The lowest BCUT2D eigenvalue weighted by Gasteiger charge is -2.12. The van der Waals surface area contributed by atoms with Gasteiger partial charge in [0.15, 0.2) is 0 Å². The molecule has 140 valence electrons. The molecule has 1 aromatic carbocycles. The van der Waals surface area contributed by atoms with Crippen LogP contribution in [0.15, 0.2) is 43.2 Å². The van der Waals surface area contributed by atoms with Crippen molar-refractivity contribution in [3.05, 3.63) is 63.9 Å². The molecule has 0 fully saturated rings. The molecule has 0 amide bonds. The van der Waals surface area contributed by atoms with Crippen molar-refractivity contribution >= 4 is 34.6 Å². The second-order valence-corrected chi connectivity index (χ2v) is 6.28. The third kappa shape index (κ3) is 4.70. The molecule has 0 spiro atoms. The van der Waals surface area contributed by atoms with Gasteiger partial charge in [-0.15, -0.1) is 0 Å². The van der Waals surface area contributed by atoms with E-state index in [1.807, 2.05) is 23.8 Å². The van der Waals surface area contributed by atoms with Gasteiger partial charge in [0.1, 0.15) is 6.33 Å². The van der Waals surface area contributed by atoms with Crippen LogP contribution < -0.4 is 10.6 Å². The van der Waals surface area contributed by atoms with Crippen molar-refractivity contribution in [2.24, 2.45) is 0 Å². The van der Waals surface area contributed by atoms with Crippen molar-refractivity contribution in [2.75, 3.05) is 17.2 Å². The Morgan fingerprint density at radius 2 is 2.11 bits per heavy atom. The average Bonchev–Trinajstić information content (AvgIpc) is 3.15. The maximum Gasteiger partial charge on any atom is 0.353 e. The van der Waals surface area contributed by atoms with Gasteiger partial charge in [-0.05, 0) is 31.0 Å². The fourth-order valence-electron chi connectivity index (χ4n) is 2.52.